The van der Waals surface area contributed by atoms with Crippen molar-refractivity contribution in [2.24, 2.45) is 0 Å². The first-order valence-corrected chi connectivity index (χ1v) is 8.53. The number of aromatic hydroxyl groups is 1. The van der Waals surface area contributed by atoms with Crippen LogP contribution in [0.5, 0.6) is 17.2 Å². The number of phenols is 1. The Morgan fingerprint density at radius 2 is 1.84 bits per heavy atom. The van der Waals surface area contributed by atoms with Gasteiger partial charge in [0, 0.05) is 31.0 Å². The van der Waals surface area contributed by atoms with Gasteiger partial charge in [-0.1, -0.05) is 17.7 Å². The molecule has 1 amide bonds. The molecule has 0 unspecified atom stereocenters. The van der Waals surface area contributed by atoms with Crippen molar-refractivity contribution in [2.45, 2.75) is 18.9 Å². The number of halogens is 1. The van der Waals surface area contributed by atoms with E-state index in [1.807, 2.05) is 12.1 Å². The normalized spacial score (nSPS) is 15.0. The van der Waals surface area contributed by atoms with Crippen molar-refractivity contribution in [3.8, 4) is 17.2 Å². The van der Waals surface area contributed by atoms with Gasteiger partial charge in [0.25, 0.3) is 5.91 Å². The van der Waals surface area contributed by atoms with E-state index >= 15 is 0 Å². The summed E-state index contributed by atoms with van der Waals surface area (Å²) in [4.78, 5) is 14.4. The Hall–Kier alpha value is -2.40. The molecule has 6 heteroatoms. The monoisotopic (exact) mass is 361 g/mol. The molecule has 25 heavy (non-hydrogen) atoms. The van der Waals surface area contributed by atoms with Crippen molar-refractivity contribution in [3.63, 3.8) is 0 Å². The first kappa shape index (κ1) is 17.4. The summed E-state index contributed by atoms with van der Waals surface area (Å²) in [7, 11) is 1.46. The molecule has 132 valence electrons. The number of nitrogens with zero attached hydrogens (tertiary/aromatic N) is 1. The van der Waals surface area contributed by atoms with Gasteiger partial charge in [-0.2, -0.15) is 0 Å². The van der Waals surface area contributed by atoms with E-state index < -0.39 is 0 Å². The first-order chi connectivity index (χ1) is 12.1. The highest BCUT2D eigenvalue weighted by Gasteiger charge is 2.26. The van der Waals surface area contributed by atoms with Crippen molar-refractivity contribution in [1.29, 1.82) is 0 Å². The molecule has 1 saturated heterocycles. The number of hydrogen-bond acceptors (Lipinski definition) is 4. The summed E-state index contributed by atoms with van der Waals surface area (Å²) >= 11 is 5.87. The Balaban J connectivity index is 1.60. The maximum absolute atomic E-state index is 12.6. The zero-order chi connectivity index (χ0) is 17.8. The fourth-order valence-corrected chi connectivity index (χ4v) is 3.04. The van der Waals surface area contributed by atoms with E-state index in [9.17, 15) is 9.90 Å². The Morgan fingerprint density at radius 1 is 1.16 bits per heavy atom. The van der Waals surface area contributed by atoms with Crippen LogP contribution in [0.15, 0.2) is 42.5 Å². The van der Waals surface area contributed by atoms with Crippen molar-refractivity contribution in [1.82, 2.24) is 4.90 Å². The molecule has 1 aliphatic heterocycles. The molecule has 0 radical (unpaired) electrons. The summed E-state index contributed by atoms with van der Waals surface area (Å²) in [5.41, 5.74) is 0.261. The average molecular weight is 362 g/mol. The summed E-state index contributed by atoms with van der Waals surface area (Å²) < 4.78 is 11.0. The molecule has 1 N–H and O–H groups in total. The van der Waals surface area contributed by atoms with Crippen molar-refractivity contribution >= 4 is 17.5 Å². The third-order valence-electron chi connectivity index (χ3n) is 4.29. The highest BCUT2D eigenvalue weighted by Crippen LogP contribution is 2.31. The van der Waals surface area contributed by atoms with Crippen LogP contribution in [-0.4, -0.2) is 42.2 Å². The highest BCUT2D eigenvalue weighted by atomic mass is 35.5. The molecular weight excluding hydrogens is 342 g/mol. The maximum atomic E-state index is 12.6. The van der Waals surface area contributed by atoms with E-state index in [0.29, 0.717) is 23.9 Å². The van der Waals surface area contributed by atoms with Crippen LogP contribution in [0.2, 0.25) is 5.02 Å². The SMILES string of the molecule is COc1cccc(C(=O)N2CCC(Oc3ccc(Cl)cc3)CC2)c1O. The second kappa shape index (κ2) is 7.66. The maximum Gasteiger partial charge on any atom is 0.257 e. The molecule has 1 heterocycles. The minimum Gasteiger partial charge on any atom is -0.504 e. The van der Waals surface area contributed by atoms with Crippen LogP contribution in [0.3, 0.4) is 0 Å². The van der Waals surface area contributed by atoms with Gasteiger partial charge in [0.05, 0.1) is 12.7 Å². The zero-order valence-electron chi connectivity index (χ0n) is 13.9. The third-order valence-corrected chi connectivity index (χ3v) is 4.55. The molecule has 0 aromatic heterocycles. The van der Waals surface area contributed by atoms with Gasteiger partial charge in [-0.05, 0) is 36.4 Å². The number of likely N-dealkylation sites (tertiary alicyclic amines) is 1. The lowest BCUT2D eigenvalue weighted by molar-refractivity contribution is 0.0592. The fraction of sp³-hybridized carbons (Fsp3) is 0.316. The predicted molar refractivity (Wildman–Crippen MR) is 95.7 cm³/mol. The lowest BCUT2D eigenvalue weighted by Crippen LogP contribution is -2.41. The standard InChI is InChI=1S/C19H20ClNO4/c1-24-17-4-2-3-16(18(17)22)19(23)21-11-9-15(10-12-21)25-14-7-5-13(20)6-8-14/h2-8,15,22H,9-12H2,1H3. The van der Waals surface area contributed by atoms with Gasteiger partial charge in [-0.25, -0.2) is 0 Å². The third kappa shape index (κ3) is 3.99. The van der Waals surface area contributed by atoms with Gasteiger partial charge in [0.15, 0.2) is 11.5 Å². The minimum absolute atomic E-state index is 0.0594. The molecular formula is C19H20ClNO4. The number of para-hydroxylation sites is 1. The molecule has 0 saturated carbocycles. The van der Waals surface area contributed by atoms with Crippen molar-refractivity contribution < 1.29 is 19.4 Å². The minimum atomic E-state index is -0.193. The molecule has 2 aromatic carbocycles. The van der Waals surface area contributed by atoms with Gasteiger partial charge >= 0.3 is 0 Å². The number of carbonyl (C=O) groups excluding carboxylic acids is 1. The Morgan fingerprint density at radius 3 is 2.48 bits per heavy atom. The molecule has 0 atom stereocenters. The quantitative estimate of drug-likeness (QED) is 0.901. The second-order valence-corrected chi connectivity index (χ2v) is 6.36. The number of methoxy groups -OCH3 is 1. The number of ether oxygens (including phenoxy) is 2. The molecule has 0 aliphatic carbocycles. The first-order valence-electron chi connectivity index (χ1n) is 8.16. The number of carbonyl (C=O) groups is 1. The summed E-state index contributed by atoms with van der Waals surface area (Å²) in [6, 6.07) is 12.2. The number of piperidine rings is 1. The lowest BCUT2D eigenvalue weighted by atomic mass is 10.1. The van der Waals surface area contributed by atoms with Crippen LogP contribution < -0.4 is 9.47 Å². The largest absolute Gasteiger partial charge is 0.504 e. The molecule has 1 aliphatic rings. The number of amides is 1. The van der Waals surface area contributed by atoms with E-state index in [1.54, 1.807) is 35.2 Å². The molecule has 5 nitrogen and oxygen atoms in total. The summed E-state index contributed by atoms with van der Waals surface area (Å²) in [6.45, 7) is 1.15. The molecule has 1 fully saturated rings. The van der Waals surface area contributed by atoms with Crippen LogP contribution in [-0.2, 0) is 0 Å². The Kier molecular flexibility index (Phi) is 5.34. The summed E-state index contributed by atoms with van der Waals surface area (Å²) in [5, 5.41) is 10.8. The number of hydrogen-bond donors (Lipinski definition) is 1. The van der Waals surface area contributed by atoms with Crippen LogP contribution in [0, 0.1) is 0 Å². The van der Waals surface area contributed by atoms with Gasteiger partial charge in [-0.3, -0.25) is 4.79 Å². The van der Waals surface area contributed by atoms with E-state index in [4.69, 9.17) is 21.1 Å². The Bertz CT molecular complexity index is 740. The molecule has 3 rings (SSSR count). The van der Waals surface area contributed by atoms with Crippen LogP contribution in [0.25, 0.3) is 0 Å². The zero-order valence-corrected chi connectivity index (χ0v) is 14.7. The van der Waals surface area contributed by atoms with E-state index in [2.05, 4.69) is 0 Å². The molecule has 0 bridgehead atoms. The van der Waals surface area contributed by atoms with Crippen LogP contribution >= 0.6 is 11.6 Å². The van der Waals surface area contributed by atoms with Gasteiger partial charge in [-0.15, -0.1) is 0 Å². The van der Waals surface area contributed by atoms with Gasteiger partial charge in [0.1, 0.15) is 11.9 Å². The van der Waals surface area contributed by atoms with Crippen LogP contribution in [0.4, 0.5) is 0 Å². The Labute approximate surface area is 151 Å². The number of rotatable bonds is 4. The van der Waals surface area contributed by atoms with Gasteiger partial charge in [0.2, 0.25) is 0 Å². The number of phenolic OH excluding ortho intramolecular Hbond substituents is 1. The molecule has 2 aromatic rings. The summed E-state index contributed by atoms with van der Waals surface area (Å²) in [5.74, 6) is 0.766. The predicted octanol–water partition coefficient (Wildman–Crippen LogP) is 3.74. The molecule has 0 spiro atoms. The van der Waals surface area contributed by atoms with Crippen molar-refractivity contribution in [2.75, 3.05) is 20.2 Å². The topological polar surface area (TPSA) is 59.0 Å². The van der Waals surface area contributed by atoms with Gasteiger partial charge < -0.3 is 19.5 Å². The smallest absolute Gasteiger partial charge is 0.257 e. The lowest BCUT2D eigenvalue weighted by Gasteiger charge is -2.32. The van der Waals surface area contributed by atoms with Crippen molar-refractivity contribution in [3.05, 3.63) is 53.1 Å². The van der Waals surface area contributed by atoms with E-state index in [1.165, 1.54) is 7.11 Å². The fourth-order valence-electron chi connectivity index (χ4n) is 2.91. The van der Waals surface area contributed by atoms with E-state index in [-0.39, 0.29) is 23.3 Å². The number of benzene rings is 2. The summed E-state index contributed by atoms with van der Waals surface area (Å²) in [6.07, 6.45) is 1.53. The average Bonchev–Trinajstić information content (AvgIpc) is 2.64. The van der Waals surface area contributed by atoms with E-state index in [0.717, 1.165) is 18.6 Å². The van der Waals surface area contributed by atoms with Crippen LogP contribution in [0.1, 0.15) is 23.2 Å². The second-order valence-electron chi connectivity index (χ2n) is 5.92. The highest BCUT2D eigenvalue weighted by molar-refractivity contribution is 6.30.